The Morgan fingerprint density at radius 2 is 2.03 bits per heavy atom. The van der Waals surface area contributed by atoms with Gasteiger partial charge in [0.1, 0.15) is 6.61 Å². The third-order valence-electron chi connectivity index (χ3n) is 5.15. The van der Waals surface area contributed by atoms with Crippen molar-refractivity contribution in [1.29, 1.82) is 0 Å². The third-order valence-corrected chi connectivity index (χ3v) is 5.15. The van der Waals surface area contributed by atoms with Gasteiger partial charge in [0.2, 0.25) is 5.95 Å². The van der Waals surface area contributed by atoms with Crippen LogP contribution in [0.3, 0.4) is 0 Å². The smallest absolute Gasteiger partial charge is 0.282 e. The van der Waals surface area contributed by atoms with Gasteiger partial charge in [-0.05, 0) is 11.6 Å². The molecule has 0 atom stereocenters. The molecule has 1 N–H and O–H groups in total. The van der Waals surface area contributed by atoms with Crippen molar-refractivity contribution in [3.63, 3.8) is 0 Å². The number of methoxy groups -OCH3 is 1. The van der Waals surface area contributed by atoms with Gasteiger partial charge in [-0.25, -0.2) is 14.8 Å². The predicted octanol–water partition coefficient (Wildman–Crippen LogP) is 3.39. The second-order valence-electron chi connectivity index (χ2n) is 7.43. The van der Waals surface area contributed by atoms with Crippen LogP contribution in [0.15, 0.2) is 53.8 Å². The van der Waals surface area contributed by atoms with E-state index < -0.39 is 10.7 Å². The molecule has 4 rings (SSSR count). The van der Waals surface area contributed by atoms with E-state index in [1.54, 1.807) is 4.90 Å². The minimum absolute atomic E-state index is 0.0431. The van der Waals surface area contributed by atoms with Gasteiger partial charge in [-0.15, -0.1) is 0 Å². The summed E-state index contributed by atoms with van der Waals surface area (Å²) in [5.41, 5.74) is 3.44. The highest BCUT2D eigenvalue weighted by Crippen LogP contribution is 2.34. The van der Waals surface area contributed by atoms with Gasteiger partial charge in [-0.2, -0.15) is 10.1 Å². The number of anilines is 2. The predicted molar refractivity (Wildman–Crippen MR) is 127 cm³/mol. The molecule has 0 amide bonds. The molecule has 12 heteroatoms. The number of nitro benzene ring substituents is 1. The van der Waals surface area contributed by atoms with Crippen molar-refractivity contribution in [2.75, 3.05) is 43.7 Å². The van der Waals surface area contributed by atoms with E-state index in [4.69, 9.17) is 14.2 Å². The number of rotatable bonds is 9. The first-order valence-electron chi connectivity index (χ1n) is 10.7. The van der Waals surface area contributed by atoms with E-state index in [-0.39, 0.29) is 35.4 Å². The molecule has 1 aliphatic heterocycles. The number of nitrogens with one attached hydrogen (secondary N) is 1. The maximum atomic E-state index is 14.2. The lowest BCUT2D eigenvalue weighted by Gasteiger charge is -2.27. The number of halogens is 1. The number of ether oxygens (including phenoxy) is 3. The Balaban J connectivity index is 1.52. The molecule has 0 aliphatic carbocycles. The van der Waals surface area contributed by atoms with E-state index in [1.807, 2.05) is 30.3 Å². The topological polar surface area (TPSA) is 124 Å². The molecular weight excluding hydrogens is 459 g/mol. The summed E-state index contributed by atoms with van der Waals surface area (Å²) in [5, 5.41) is 15.7. The summed E-state index contributed by atoms with van der Waals surface area (Å²) >= 11 is 0. The highest BCUT2D eigenvalue weighted by Gasteiger charge is 2.20. The van der Waals surface area contributed by atoms with Crippen molar-refractivity contribution < 1.29 is 23.5 Å². The Kier molecular flexibility index (Phi) is 7.63. The number of hydrogen-bond donors (Lipinski definition) is 1. The average Bonchev–Trinajstić information content (AvgIpc) is 2.89. The van der Waals surface area contributed by atoms with Crippen LogP contribution >= 0.6 is 0 Å². The molecule has 0 radical (unpaired) electrons. The summed E-state index contributed by atoms with van der Waals surface area (Å²) in [4.78, 5) is 20.9. The monoisotopic (exact) mass is 482 g/mol. The molecule has 0 saturated carbocycles. The van der Waals surface area contributed by atoms with E-state index >= 15 is 0 Å². The number of morpholine rings is 1. The molecule has 0 unspecified atom stereocenters. The average molecular weight is 482 g/mol. The van der Waals surface area contributed by atoms with E-state index in [2.05, 4.69) is 20.5 Å². The van der Waals surface area contributed by atoms with Gasteiger partial charge in [0.15, 0.2) is 23.1 Å². The van der Waals surface area contributed by atoms with E-state index in [0.717, 1.165) is 11.8 Å². The number of hydrogen-bond acceptors (Lipinski definition) is 10. The number of nitro groups is 1. The summed E-state index contributed by atoms with van der Waals surface area (Å²) < 4.78 is 30.6. The van der Waals surface area contributed by atoms with E-state index in [9.17, 15) is 14.5 Å². The van der Waals surface area contributed by atoms with Crippen molar-refractivity contribution in [2.45, 2.75) is 6.61 Å². The summed E-state index contributed by atoms with van der Waals surface area (Å²) in [7, 11) is 1.44. The van der Waals surface area contributed by atoms with Crippen LogP contribution in [-0.4, -0.2) is 54.5 Å². The zero-order valence-electron chi connectivity index (χ0n) is 18.9. The number of aromatic nitrogens is 2. The largest absolute Gasteiger partial charge is 0.493 e. The Bertz CT molecular complexity index is 1200. The molecular formula is C23H23FN6O5. The number of nitrogens with zero attached hydrogens (tertiary/aromatic N) is 5. The molecule has 35 heavy (non-hydrogen) atoms. The van der Waals surface area contributed by atoms with Crippen LogP contribution in [0.25, 0.3) is 0 Å². The first kappa shape index (κ1) is 23.8. The Morgan fingerprint density at radius 1 is 1.26 bits per heavy atom. The number of hydrazone groups is 1. The highest BCUT2D eigenvalue weighted by atomic mass is 19.1. The lowest BCUT2D eigenvalue weighted by atomic mass is 10.1. The van der Waals surface area contributed by atoms with Crippen molar-refractivity contribution in [3.8, 4) is 11.5 Å². The normalized spacial score (nSPS) is 13.6. The maximum absolute atomic E-state index is 14.2. The van der Waals surface area contributed by atoms with Crippen molar-refractivity contribution in [3.05, 3.63) is 75.7 Å². The van der Waals surface area contributed by atoms with Crippen LogP contribution in [0.5, 0.6) is 11.5 Å². The molecule has 2 heterocycles. The molecule has 182 valence electrons. The minimum Gasteiger partial charge on any atom is -0.493 e. The highest BCUT2D eigenvalue weighted by molar-refractivity contribution is 5.87. The van der Waals surface area contributed by atoms with Crippen molar-refractivity contribution >= 4 is 23.7 Å². The molecule has 1 aromatic heterocycles. The fourth-order valence-electron chi connectivity index (χ4n) is 3.40. The van der Waals surface area contributed by atoms with Crippen LogP contribution in [0.2, 0.25) is 0 Å². The second-order valence-corrected chi connectivity index (χ2v) is 7.43. The van der Waals surface area contributed by atoms with Crippen LogP contribution in [0, 0.1) is 15.9 Å². The molecule has 1 aliphatic rings. The molecule has 1 fully saturated rings. The van der Waals surface area contributed by atoms with Crippen molar-refractivity contribution in [1.82, 2.24) is 9.97 Å². The molecule has 2 aromatic carbocycles. The standard InChI is InChI=1S/C23H23FN6O5/c1-33-20-11-17(19(30(31)32)12-21(20)35-15-16-5-3-2-4-6-16)13-26-28-23-25-14-18(24)22(27-23)29-7-9-34-10-8-29/h2-6,11-14H,7-10,15H2,1H3,(H,25,27,28). The van der Waals surface area contributed by atoms with Crippen LogP contribution in [0.4, 0.5) is 21.8 Å². The molecule has 0 spiro atoms. The number of benzene rings is 2. The third kappa shape index (κ3) is 5.98. The quantitative estimate of drug-likeness (QED) is 0.278. The Morgan fingerprint density at radius 3 is 2.74 bits per heavy atom. The summed E-state index contributed by atoms with van der Waals surface area (Å²) in [6.45, 7) is 2.17. The first-order valence-corrected chi connectivity index (χ1v) is 10.7. The van der Waals surface area contributed by atoms with Gasteiger partial charge in [0.25, 0.3) is 5.69 Å². The fourth-order valence-corrected chi connectivity index (χ4v) is 3.40. The van der Waals surface area contributed by atoms with Gasteiger partial charge >= 0.3 is 0 Å². The van der Waals surface area contributed by atoms with E-state index in [1.165, 1.54) is 25.5 Å². The van der Waals surface area contributed by atoms with Gasteiger partial charge in [0.05, 0.1) is 49.3 Å². The SMILES string of the molecule is COc1cc(C=NNc2ncc(F)c(N3CCOCC3)n2)c([N+](=O)[O-])cc1OCc1ccccc1. The first-order chi connectivity index (χ1) is 17.0. The molecule has 3 aromatic rings. The summed E-state index contributed by atoms with van der Waals surface area (Å²) in [6, 6.07) is 12.1. The lowest BCUT2D eigenvalue weighted by Crippen LogP contribution is -2.37. The summed E-state index contributed by atoms with van der Waals surface area (Å²) in [5.74, 6) is 0.147. The molecule has 1 saturated heterocycles. The lowest BCUT2D eigenvalue weighted by molar-refractivity contribution is -0.385. The van der Waals surface area contributed by atoms with Crippen molar-refractivity contribution in [2.24, 2.45) is 5.10 Å². The van der Waals surface area contributed by atoms with Gasteiger partial charge in [0, 0.05) is 13.1 Å². The van der Waals surface area contributed by atoms with Gasteiger partial charge in [-0.1, -0.05) is 30.3 Å². The summed E-state index contributed by atoms with van der Waals surface area (Å²) in [6.07, 6.45) is 2.28. The maximum Gasteiger partial charge on any atom is 0.282 e. The van der Waals surface area contributed by atoms with Gasteiger partial charge in [-0.3, -0.25) is 10.1 Å². The van der Waals surface area contributed by atoms with Gasteiger partial charge < -0.3 is 19.1 Å². The van der Waals surface area contributed by atoms with E-state index in [0.29, 0.717) is 32.1 Å². The van der Waals surface area contributed by atoms with Crippen LogP contribution in [-0.2, 0) is 11.3 Å². The van der Waals surface area contributed by atoms with Crippen LogP contribution < -0.4 is 19.8 Å². The zero-order valence-corrected chi connectivity index (χ0v) is 18.9. The second kappa shape index (κ2) is 11.2. The Labute approximate surface area is 200 Å². The molecule has 11 nitrogen and oxygen atoms in total. The van der Waals surface area contributed by atoms with Crippen LogP contribution in [0.1, 0.15) is 11.1 Å². The zero-order chi connectivity index (χ0) is 24.6. The fraction of sp³-hybridized carbons (Fsp3) is 0.261. The minimum atomic E-state index is -0.562. The Hall–Kier alpha value is -4.32. The molecule has 0 bridgehead atoms.